The van der Waals surface area contributed by atoms with Crippen LogP contribution in [0, 0.1) is 0 Å². The van der Waals surface area contributed by atoms with E-state index in [-0.39, 0.29) is 5.95 Å². The molecule has 0 amide bonds. The summed E-state index contributed by atoms with van der Waals surface area (Å²) in [5.41, 5.74) is 13.5. The summed E-state index contributed by atoms with van der Waals surface area (Å²) in [5.74, 6) is 1.13. The molecule has 0 aliphatic carbocycles. The highest BCUT2D eigenvalue weighted by Crippen LogP contribution is 2.33. The molecule has 0 atom stereocenters. The number of rotatable bonds is 3. The minimum atomic E-state index is 0.155. The Morgan fingerprint density at radius 3 is 1.71 bits per heavy atom. The lowest BCUT2D eigenvalue weighted by Crippen LogP contribution is -2.13. The summed E-state index contributed by atoms with van der Waals surface area (Å²) in [5, 5.41) is 0. The van der Waals surface area contributed by atoms with Crippen LogP contribution < -0.4 is 16.4 Å². The van der Waals surface area contributed by atoms with Gasteiger partial charge in [0, 0.05) is 17.4 Å². The van der Waals surface area contributed by atoms with Crippen LogP contribution in [0.25, 0.3) is 0 Å². The maximum atomic E-state index is 5.80. The van der Waals surface area contributed by atoms with Crippen molar-refractivity contribution in [1.82, 2.24) is 9.97 Å². The molecule has 0 bridgehead atoms. The van der Waals surface area contributed by atoms with E-state index in [4.69, 9.17) is 11.5 Å². The van der Waals surface area contributed by atoms with Crippen molar-refractivity contribution in [2.45, 2.75) is 0 Å². The molecule has 0 unspecified atom stereocenters. The van der Waals surface area contributed by atoms with Crippen molar-refractivity contribution in [3.63, 3.8) is 0 Å². The number of benzene rings is 2. The van der Waals surface area contributed by atoms with Gasteiger partial charge in [0.1, 0.15) is 11.6 Å². The molecule has 0 radical (unpaired) electrons. The van der Waals surface area contributed by atoms with Gasteiger partial charge in [-0.15, -0.1) is 0 Å². The highest BCUT2D eigenvalue weighted by Gasteiger charge is 2.14. The largest absolute Gasteiger partial charge is 0.383 e. The molecule has 3 aromatic rings. The molecule has 0 spiro atoms. The molecular weight excluding hydrogens is 262 g/mol. The van der Waals surface area contributed by atoms with E-state index in [1.54, 1.807) is 6.07 Å². The molecule has 1 heterocycles. The Bertz CT molecular complexity index is 668. The van der Waals surface area contributed by atoms with Crippen molar-refractivity contribution in [2.75, 3.05) is 16.4 Å². The summed E-state index contributed by atoms with van der Waals surface area (Å²) < 4.78 is 0. The standard InChI is InChI=1S/C16H15N5/c17-14-11-15(20-16(18)19-14)21(12-7-3-1-4-8-12)13-9-5-2-6-10-13/h1-11H,(H4,17,18,19,20). The zero-order valence-electron chi connectivity index (χ0n) is 11.3. The van der Waals surface area contributed by atoms with Crippen molar-refractivity contribution < 1.29 is 0 Å². The van der Waals surface area contributed by atoms with Crippen LogP contribution in [0.2, 0.25) is 0 Å². The van der Waals surface area contributed by atoms with Crippen LogP contribution in [0.4, 0.5) is 29.0 Å². The number of nitrogen functional groups attached to an aromatic ring is 2. The van der Waals surface area contributed by atoms with Crippen molar-refractivity contribution >= 4 is 29.0 Å². The average Bonchev–Trinajstić information content (AvgIpc) is 2.49. The molecular formula is C16H15N5. The maximum Gasteiger partial charge on any atom is 0.223 e. The Labute approximate surface area is 122 Å². The lowest BCUT2D eigenvalue weighted by atomic mass is 10.2. The van der Waals surface area contributed by atoms with Crippen LogP contribution >= 0.6 is 0 Å². The van der Waals surface area contributed by atoms with Gasteiger partial charge in [-0.05, 0) is 24.3 Å². The van der Waals surface area contributed by atoms with Gasteiger partial charge in [0.2, 0.25) is 5.95 Å². The van der Waals surface area contributed by atoms with E-state index in [9.17, 15) is 0 Å². The van der Waals surface area contributed by atoms with Crippen LogP contribution in [0.15, 0.2) is 66.7 Å². The summed E-state index contributed by atoms with van der Waals surface area (Å²) in [4.78, 5) is 10.2. The van der Waals surface area contributed by atoms with E-state index in [0.29, 0.717) is 11.6 Å². The summed E-state index contributed by atoms with van der Waals surface area (Å²) in [6, 6.07) is 21.5. The lowest BCUT2D eigenvalue weighted by molar-refractivity contribution is 1.13. The molecule has 0 saturated heterocycles. The van der Waals surface area contributed by atoms with E-state index in [1.807, 2.05) is 65.6 Å². The molecule has 0 fully saturated rings. The quantitative estimate of drug-likeness (QED) is 0.768. The van der Waals surface area contributed by atoms with Crippen LogP contribution in [0.1, 0.15) is 0 Å². The summed E-state index contributed by atoms with van der Waals surface area (Å²) in [7, 11) is 0. The first kappa shape index (κ1) is 12.9. The summed E-state index contributed by atoms with van der Waals surface area (Å²) in [6.07, 6.45) is 0. The molecule has 5 nitrogen and oxygen atoms in total. The zero-order chi connectivity index (χ0) is 14.7. The number of nitrogens with two attached hydrogens (primary N) is 2. The first-order valence-corrected chi connectivity index (χ1v) is 6.54. The van der Waals surface area contributed by atoms with Gasteiger partial charge >= 0.3 is 0 Å². The minimum absolute atomic E-state index is 0.155. The first-order valence-electron chi connectivity index (χ1n) is 6.54. The van der Waals surface area contributed by atoms with E-state index in [2.05, 4.69) is 9.97 Å². The predicted octanol–water partition coefficient (Wildman–Crippen LogP) is 3.11. The number of aromatic nitrogens is 2. The molecule has 21 heavy (non-hydrogen) atoms. The fourth-order valence-corrected chi connectivity index (χ4v) is 2.15. The second-order valence-corrected chi connectivity index (χ2v) is 4.52. The molecule has 3 rings (SSSR count). The molecule has 5 heteroatoms. The van der Waals surface area contributed by atoms with E-state index >= 15 is 0 Å². The number of nitrogens with zero attached hydrogens (tertiary/aromatic N) is 3. The van der Waals surface area contributed by atoms with Gasteiger partial charge in [0.05, 0.1) is 0 Å². The van der Waals surface area contributed by atoms with Gasteiger partial charge in [0.25, 0.3) is 0 Å². The van der Waals surface area contributed by atoms with Gasteiger partial charge in [-0.3, -0.25) is 4.90 Å². The van der Waals surface area contributed by atoms with Crippen LogP contribution in [-0.4, -0.2) is 9.97 Å². The second-order valence-electron chi connectivity index (χ2n) is 4.52. The van der Waals surface area contributed by atoms with Crippen molar-refractivity contribution in [1.29, 1.82) is 0 Å². The molecule has 0 aliphatic rings. The lowest BCUT2D eigenvalue weighted by Gasteiger charge is -2.24. The number of anilines is 5. The third-order valence-corrected chi connectivity index (χ3v) is 3.01. The predicted molar refractivity (Wildman–Crippen MR) is 85.5 cm³/mol. The topological polar surface area (TPSA) is 81.1 Å². The zero-order valence-corrected chi connectivity index (χ0v) is 11.3. The Balaban J connectivity index is 2.17. The Hall–Kier alpha value is -3.08. The van der Waals surface area contributed by atoms with Crippen molar-refractivity contribution in [3.05, 3.63) is 66.7 Å². The fraction of sp³-hybridized carbons (Fsp3) is 0. The Kier molecular flexibility index (Phi) is 3.39. The molecule has 0 aliphatic heterocycles. The first-order chi connectivity index (χ1) is 10.2. The van der Waals surface area contributed by atoms with Crippen LogP contribution in [0.5, 0.6) is 0 Å². The van der Waals surface area contributed by atoms with E-state index in [1.165, 1.54) is 0 Å². The van der Waals surface area contributed by atoms with Crippen LogP contribution in [-0.2, 0) is 0 Å². The Morgan fingerprint density at radius 1 is 0.714 bits per heavy atom. The molecule has 104 valence electrons. The van der Waals surface area contributed by atoms with Gasteiger partial charge < -0.3 is 11.5 Å². The van der Waals surface area contributed by atoms with Gasteiger partial charge in [-0.2, -0.15) is 9.97 Å². The third kappa shape index (κ3) is 2.76. The second kappa shape index (κ2) is 5.50. The van der Waals surface area contributed by atoms with E-state index in [0.717, 1.165) is 11.4 Å². The average molecular weight is 277 g/mol. The minimum Gasteiger partial charge on any atom is -0.383 e. The smallest absolute Gasteiger partial charge is 0.223 e. The maximum absolute atomic E-state index is 5.80. The van der Waals surface area contributed by atoms with Crippen molar-refractivity contribution in [2.24, 2.45) is 0 Å². The van der Waals surface area contributed by atoms with Crippen LogP contribution in [0.3, 0.4) is 0 Å². The normalized spacial score (nSPS) is 10.3. The number of hydrogen-bond donors (Lipinski definition) is 2. The number of hydrogen-bond acceptors (Lipinski definition) is 5. The SMILES string of the molecule is Nc1cc(N(c2ccccc2)c2ccccc2)nc(N)n1. The molecule has 0 saturated carbocycles. The summed E-state index contributed by atoms with van der Waals surface area (Å²) >= 11 is 0. The Morgan fingerprint density at radius 2 is 1.24 bits per heavy atom. The van der Waals surface area contributed by atoms with Crippen molar-refractivity contribution in [3.8, 4) is 0 Å². The van der Waals surface area contributed by atoms with Gasteiger partial charge in [-0.25, -0.2) is 0 Å². The molecule has 1 aromatic heterocycles. The third-order valence-electron chi connectivity index (χ3n) is 3.01. The highest BCUT2D eigenvalue weighted by atomic mass is 15.2. The van der Waals surface area contributed by atoms with E-state index < -0.39 is 0 Å². The highest BCUT2D eigenvalue weighted by molar-refractivity contribution is 5.75. The summed E-state index contributed by atoms with van der Waals surface area (Å²) in [6.45, 7) is 0. The molecule has 2 aromatic carbocycles. The van der Waals surface area contributed by atoms with Gasteiger partial charge in [0.15, 0.2) is 0 Å². The fourth-order valence-electron chi connectivity index (χ4n) is 2.15. The van der Waals surface area contributed by atoms with Gasteiger partial charge in [-0.1, -0.05) is 36.4 Å². The monoisotopic (exact) mass is 277 g/mol. The molecule has 4 N–H and O–H groups in total. The number of para-hydroxylation sites is 2.